The fourth-order valence-electron chi connectivity index (χ4n) is 3.52. The molecular weight excluding hydrogens is 312 g/mol. The molecule has 136 valence electrons. The molecule has 1 fully saturated rings. The summed E-state index contributed by atoms with van der Waals surface area (Å²) in [5.74, 6) is 0.186. The molecule has 1 aromatic heterocycles. The Labute approximate surface area is 151 Å². The summed E-state index contributed by atoms with van der Waals surface area (Å²) in [6, 6.07) is 5.91. The summed E-state index contributed by atoms with van der Waals surface area (Å²) in [5, 5.41) is 16.0. The van der Waals surface area contributed by atoms with E-state index >= 15 is 0 Å². The number of nitriles is 1. The minimum Gasteiger partial charge on any atom is -0.336 e. The highest BCUT2D eigenvalue weighted by Crippen LogP contribution is 2.28. The molecule has 5 heteroatoms. The molecule has 0 aliphatic heterocycles. The number of hydrogen-bond acceptors (Lipinski definition) is 4. The molecule has 1 aliphatic carbocycles. The van der Waals surface area contributed by atoms with Crippen LogP contribution in [0.15, 0.2) is 18.3 Å². The third kappa shape index (κ3) is 4.79. The Morgan fingerprint density at radius 1 is 1.28 bits per heavy atom. The van der Waals surface area contributed by atoms with Crippen molar-refractivity contribution in [3.05, 3.63) is 29.6 Å². The monoisotopic (exact) mass is 342 g/mol. The van der Waals surface area contributed by atoms with E-state index in [-0.39, 0.29) is 18.0 Å². The summed E-state index contributed by atoms with van der Waals surface area (Å²) < 4.78 is 0. The topological polar surface area (TPSA) is 77.8 Å². The van der Waals surface area contributed by atoms with Crippen LogP contribution in [0.4, 0.5) is 0 Å². The molecule has 0 radical (unpaired) electrons. The summed E-state index contributed by atoms with van der Waals surface area (Å²) in [6.45, 7) is 8.14. The number of hydrogen-bond donors (Lipinski definition) is 2. The van der Waals surface area contributed by atoms with E-state index in [9.17, 15) is 10.1 Å². The van der Waals surface area contributed by atoms with Crippen molar-refractivity contribution >= 4 is 5.91 Å². The highest BCUT2D eigenvalue weighted by molar-refractivity contribution is 5.82. The third-order valence-electron chi connectivity index (χ3n) is 5.12. The Hall–Kier alpha value is -1.93. The number of aromatic nitrogens is 1. The second-order valence-electron chi connectivity index (χ2n) is 7.56. The second-order valence-corrected chi connectivity index (χ2v) is 7.56. The number of carbonyl (C=O) groups excluding carboxylic acids is 1. The second kappa shape index (κ2) is 8.44. The average molecular weight is 342 g/mol. The molecule has 25 heavy (non-hydrogen) atoms. The normalized spacial score (nSPS) is 19.0. The van der Waals surface area contributed by atoms with Crippen LogP contribution in [0.25, 0.3) is 0 Å². The zero-order valence-electron chi connectivity index (χ0n) is 15.8. The molecule has 2 atom stereocenters. The summed E-state index contributed by atoms with van der Waals surface area (Å²) in [6.07, 6.45) is 6.41. The number of aryl methyl sites for hydroxylation is 1. The van der Waals surface area contributed by atoms with Gasteiger partial charge in [0.05, 0.1) is 23.8 Å². The van der Waals surface area contributed by atoms with Gasteiger partial charge in [0.15, 0.2) is 0 Å². The first-order valence-electron chi connectivity index (χ1n) is 9.29. The largest absolute Gasteiger partial charge is 0.336 e. The standard InChI is InChI=1S/C20H30N4O/c1-14(2)17(18-15(3)9-8-12-22-18)23-16(4)19(25)24-20(13-21)10-6-5-7-11-20/h8-9,12,14,16-17,23H,5-7,10-11H2,1-4H3,(H,24,25)/t16-,17+/m1/s1. The molecule has 0 spiro atoms. The van der Waals surface area contributed by atoms with E-state index in [1.54, 1.807) is 6.20 Å². The van der Waals surface area contributed by atoms with Crippen LogP contribution in [0.3, 0.4) is 0 Å². The maximum Gasteiger partial charge on any atom is 0.238 e. The predicted octanol–water partition coefficient (Wildman–Crippen LogP) is 3.41. The van der Waals surface area contributed by atoms with Gasteiger partial charge in [-0.25, -0.2) is 0 Å². The van der Waals surface area contributed by atoms with Crippen molar-refractivity contribution in [2.24, 2.45) is 5.92 Å². The van der Waals surface area contributed by atoms with E-state index in [0.717, 1.165) is 43.4 Å². The average Bonchev–Trinajstić information content (AvgIpc) is 2.60. The molecular formula is C20H30N4O. The van der Waals surface area contributed by atoms with Gasteiger partial charge in [0.2, 0.25) is 5.91 Å². The molecule has 0 saturated heterocycles. The van der Waals surface area contributed by atoms with Crippen LogP contribution in [0.1, 0.15) is 70.2 Å². The van der Waals surface area contributed by atoms with Gasteiger partial charge >= 0.3 is 0 Å². The van der Waals surface area contributed by atoms with Gasteiger partial charge in [-0.2, -0.15) is 5.26 Å². The van der Waals surface area contributed by atoms with Crippen molar-refractivity contribution in [3.8, 4) is 6.07 Å². The van der Waals surface area contributed by atoms with Crippen molar-refractivity contribution in [2.45, 2.75) is 77.4 Å². The van der Waals surface area contributed by atoms with Gasteiger partial charge in [0, 0.05) is 6.20 Å². The van der Waals surface area contributed by atoms with Gasteiger partial charge < -0.3 is 5.32 Å². The Morgan fingerprint density at radius 2 is 1.96 bits per heavy atom. The molecule has 0 bridgehead atoms. The van der Waals surface area contributed by atoms with Gasteiger partial charge in [0.1, 0.15) is 5.54 Å². The molecule has 5 nitrogen and oxygen atoms in total. The summed E-state index contributed by atoms with van der Waals surface area (Å²) in [7, 11) is 0. The maximum atomic E-state index is 12.7. The van der Waals surface area contributed by atoms with E-state index in [4.69, 9.17) is 0 Å². The van der Waals surface area contributed by atoms with Gasteiger partial charge in [-0.1, -0.05) is 39.2 Å². The number of carbonyl (C=O) groups is 1. The molecule has 1 amide bonds. The summed E-state index contributed by atoms with van der Waals surface area (Å²) in [5.41, 5.74) is 1.39. The number of nitrogens with zero attached hydrogens (tertiary/aromatic N) is 2. The first-order valence-corrected chi connectivity index (χ1v) is 9.29. The minimum atomic E-state index is -0.695. The van der Waals surface area contributed by atoms with Crippen molar-refractivity contribution < 1.29 is 4.79 Å². The SMILES string of the molecule is Cc1cccnc1[C@@H](N[C@H](C)C(=O)NC1(C#N)CCCCC1)C(C)C. The number of nitrogens with one attached hydrogen (secondary N) is 2. The van der Waals surface area contributed by atoms with E-state index in [0.29, 0.717) is 5.92 Å². The van der Waals surface area contributed by atoms with Crippen LogP contribution in [-0.2, 0) is 4.79 Å². The Morgan fingerprint density at radius 3 is 2.52 bits per heavy atom. The van der Waals surface area contributed by atoms with Gasteiger partial charge in [-0.3, -0.25) is 15.1 Å². The van der Waals surface area contributed by atoms with Crippen LogP contribution in [0.5, 0.6) is 0 Å². The van der Waals surface area contributed by atoms with E-state index in [1.807, 2.05) is 26.0 Å². The lowest BCUT2D eigenvalue weighted by Gasteiger charge is -2.33. The molecule has 1 aliphatic rings. The Balaban J connectivity index is 2.08. The lowest BCUT2D eigenvalue weighted by molar-refractivity contribution is -0.124. The minimum absolute atomic E-state index is 0.00802. The van der Waals surface area contributed by atoms with Crippen LogP contribution >= 0.6 is 0 Å². The smallest absolute Gasteiger partial charge is 0.238 e. The maximum absolute atomic E-state index is 12.7. The third-order valence-corrected chi connectivity index (χ3v) is 5.12. The molecule has 0 aromatic carbocycles. The van der Waals surface area contributed by atoms with Crippen LogP contribution in [0.2, 0.25) is 0 Å². The van der Waals surface area contributed by atoms with Gasteiger partial charge in [-0.05, 0) is 44.2 Å². The lowest BCUT2D eigenvalue weighted by atomic mass is 9.82. The number of rotatable bonds is 6. The Bertz CT molecular complexity index is 629. The molecule has 1 saturated carbocycles. The Kier molecular flexibility index (Phi) is 6.55. The molecule has 0 unspecified atom stereocenters. The predicted molar refractivity (Wildman–Crippen MR) is 98.7 cm³/mol. The van der Waals surface area contributed by atoms with E-state index in [1.165, 1.54) is 0 Å². The lowest BCUT2D eigenvalue weighted by Crippen LogP contribution is -2.54. The van der Waals surface area contributed by atoms with Gasteiger partial charge in [-0.15, -0.1) is 0 Å². The molecule has 2 N–H and O–H groups in total. The van der Waals surface area contributed by atoms with Crippen molar-refractivity contribution in [1.29, 1.82) is 5.26 Å². The van der Waals surface area contributed by atoms with Crippen LogP contribution < -0.4 is 10.6 Å². The molecule has 2 rings (SSSR count). The molecule has 1 heterocycles. The zero-order valence-corrected chi connectivity index (χ0v) is 15.8. The number of amides is 1. The van der Waals surface area contributed by atoms with Gasteiger partial charge in [0.25, 0.3) is 0 Å². The summed E-state index contributed by atoms with van der Waals surface area (Å²) >= 11 is 0. The van der Waals surface area contributed by atoms with Crippen molar-refractivity contribution in [3.63, 3.8) is 0 Å². The van der Waals surface area contributed by atoms with E-state index in [2.05, 4.69) is 35.5 Å². The molecule has 1 aromatic rings. The summed E-state index contributed by atoms with van der Waals surface area (Å²) in [4.78, 5) is 17.2. The quantitative estimate of drug-likeness (QED) is 0.830. The highest BCUT2D eigenvalue weighted by atomic mass is 16.2. The van der Waals surface area contributed by atoms with Crippen molar-refractivity contribution in [1.82, 2.24) is 15.6 Å². The van der Waals surface area contributed by atoms with Crippen LogP contribution in [-0.4, -0.2) is 22.5 Å². The van der Waals surface area contributed by atoms with Crippen molar-refractivity contribution in [2.75, 3.05) is 0 Å². The van der Waals surface area contributed by atoms with E-state index < -0.39 is 5.54 Å². The highest BCUT2D eigenvalue weighted by Gasteiger charge is 2.35. The fourth-order valence-corrected chi connectivity index (χ4v) is 3.52. The first kappa shape index (κ1) is 19.4. The van der Waals surface area contributed by atoms with Crippen LogP contribution in [0, 0.1) is 24.2 Å². The number of pyridine rings is 1. The zero-order chi connectivity index (χ0) is 18.4. The fraction of sp³-hybridized carbons (Fsp3) is 0.650. The first-order chi connectivity index (χ1) is 11.9.